The molecule has 2 unspecified atom stereocenters. The first kappa shape index (κ1) is 70.6. The van der Waals surface area contributed by atoms with E-state index in [2.05, 4.69) is 31.3 Å². The largest absolute Gasteiger partial charge is 0.466 e. The van der Waals surface area contributed by atoms with E-state index in [4.69, 9.17) is 4.74 Å². The fourth-order valence-corrected chi connectivity index (χ4v) is 10.5. The molecule has 428 valence electrons. The lowest BCUT2D eigenvalue weighted by molar-refractivity contribution is -0.143. The Morgan fingerprint density at radius 3 is 0.986 bits per heavy atom. The van der Waals surface area contributed by atoms with Crippen LogP contribution in [-0.2, 0) is 14.3 Å². The zero-order chi connectivity index (χ0) is 52.2. The SMILES string of the molecule is CCCCCCCCCCCCCCCCCCCCCCCCCC(O)C(CO)NC(=O)CCCCCCCCC/C=C\CCCCCCCCCCCOC(=O)CCCCCCCCCCCCCC. The predicted octanol–water partition coefficient (Wildman–Crippen LogP) is 20.8. The zero-order valence-electron chi connectivity index (χ0n) is 48.9. The summed E-state index contributed by atoms with van der Waals surface area (Å²) >= 11 is 0. The molecule has 0 heterocycles. The van der Waals surface area contributed by atoms with E-state index in [0.717, 1.165) is 38.5 Å². The fourth-order valence-electron chi connectivity index (χ4n) is 10.5. The number of rotatable bonds is 62. The number of hydrogen-bond donors (Lipinski definition) is 3. The van der Waals surface area contributed by atoms with Crippen LogP contribution in [0.2, 0.25) is 0 Å². The van der Waals surface area contributed by atoms with Gasteiger partial charge in [-0.1, -0.05) is 321 Å². The van der Waals surface area contributed by atoms with Crippen molar-refractivity contribution in [1.82, 2.24) is 5.32 Å². The van der Waals surface area contributed by atoms with Crippen LogP contribution < -0.4 is 5.32 Å². The van der Waals surface area contributed by atoms with Gasteiger partial charge >= 0.3 is 5.97 Å². The molecule has 0 aromatic rings. The number of aliphatic hydroxyl groups is 2. The van der Waals surface area contributed by atoms with Crippen LogP contribution in [0.4, 0.5) is 0 Å². The quantitative estimate of drug-likeness (QED) is 0.0320. The van der Waals surface area contributed by atoms with Gasteiger partial charge in [0.15, 0.2) is 0 Å². The Balaban J connectivity index is 3.42. The van der Waals surface area contributed by atoms with Crippen LogP contribution in [0.25, 0.3) is 0 Å². The number of amides is 1. The molecule has 6 heteroatoms. The molecule has 0 aliphatic carbocycles. The molecule has 2 atom stereocenters. The van der Waals surface area contributed by atoms with Gasteiger partial charge < -0.3 is 20.3 Å². The number of carbonyl (C=O) groups excluding carboxylic acids is 2. The van der Waals surface area contributed by atoms with Gasteiger partial charge in [0, 0.05) is 12.8 Å². The average molecular weight is 1020 g/mol. The molecule has 0 aromatic carbocycles. The van der Waals surface area contributed by atoms with E-state index in [1.165, 1.54) is 302 Å². The van der Waals surface area contributed by atoms with E-state index < -0.39 is 12.1 Å². The van der Waals surface area contributed by atoms with Gasteiger partial charge in [-0.05, 0) is 51.4 Å². The minimum atomic E-state index is -0.670. The minimum Gasteiger partial charge on any atom is -0.466 e. The summed E-state index contributed by atoms with van der Waals surface area (Å²) in [5, 5.41) is 23.4. The fraction of sp³-hybridized carbons (Fsp3) is 0.939. The lowest BCUT2D eigenvalue weighted by Gasteiger charge is -2.22. The third-order valence-corrected chi connectivity index (χ3v) is 15.6. The van der Waals surface area contributed by atoms with Crippen molar-refractivity contribution in [2.24, 2.45) is 0 Å². The van der Waals surface area contributed by atoms with E-state index in [-0.39, 0.29) is 18.5 Å². The number of nitrogens with one attached hydrogen (secondary N) is 1. The predicted molar refractivity (Wildman–Crippen MR) is 315 cm³/mol. The molecule has 0 saturated carbocycles. The van der Waals surface area contributed by atoms with Gasteiger partial charge in [-0.25, -0.2) is 0 Å². The van der Waals surface area contributed by atoms with Crippen LogP contribution in [0.5, 0.6) is 0 Å². The molecule has 0 radical (unpaired) electrons. The Hall–Kier alpha value is -1.40. The number of allylic oxidation sites excluding steroid dienone is 2. The molecule has 0 aliphatic rings. The van der Waals surface area contributed by atoms with Gasteiger partial charge in [0.2, 0.25) is 5.91 Å². The van der Waals surface area contributed by atoms with Crippen molar-refractivity contribution in [1.29, 1.82) is 0 Å². The highest BCUT2D eigenvalue weighted by Crippen LogP contribution is 2.18. The molecule has 0 saturated heterocycles. The summed E-state index contributed by atoms with van der Waals surface area (Å²) < 4.78 is 5.47. The maximum Gasteiger partial charge on any atom is 0.305 e. The number of aliphatic hydroxyl groups excluding tert-OH is 2. The summed E-state index contributed by atoms with van der Waals surface area (Å²) in [5.74, 6) is -0.0310. The maximum absolute atomic E-state index is 12.5. The molecule has 0 bridgehead atoms. The number of esters is 1. The first-order chi connectivity index (χ1) is 35.5. The lowest BCUT2D eigenvalue weighted by atomic mass is 10.0. The Labute approximate surface area is 450 Å². The van der Waals surface area contributed by atoms with Crippen molar-refractivity contribution in [3.05, 3.63) is 12.2 Å². The molecule has 1 amide bonds. The summed E-state index contributed by atoms with van der Waals surface area (Å²) in [6.07, 6.45) is 75.2. The van der Waals surface area contributed by atoms with Crippen molar-refractivity contribution in [3.8, 4) is 0 Å². The van der Waals surface area contributed by atoms with Crippen molar-refractivity contribution in [2.45, 2.75) is 386 Å². The van der Waals surface area contributed by atoms with Gasteiger partial charge in [0.05, 0.1) is 25.4 Å². The van der Waals surface area contributed by atoms with Crippen molar-refractivity contribution in [2.75, 3.05) is 13.2 Å². The standard InChI is InChI=1S/C66H129NO5/c1-3-5-7-9-11-13-15-17-18-19-20-21-22-23-26-29-32-35-38-42-46-50-54-58-64(69)63(62-68)67-65(70)59-55-51-47-43-39-36-33-30-27-24-25-28-31-34-37-41-45-49-53-57-61-72-66(71)60-56-52-48-44-40-16-14-12-10-8-6-4-2/h24,27,63-64,68-69H,3-23,25-26,28-62H2,1-2H3,(H,67,70)/b27-24-. The van der Waals surface area contributed by atoms with Gasteiger partial charge in [0.1, 0.15) is 0 Å². The average Bonchev–Trinajstić information content (AvgIpc) is 3.38. The van der Waals surface area contributed by atoms with Gasteiger partial charge in [-0.2, -0.15) is 0 Å². The maximum atomic E-state index is 12.5. The Bertz CT molecular complexity index is 1080. The molecule has 0 aromatic heterocycles. The zero-order valence-corrected chi connectivity index (χ0v) is 48.9. The molecular weight excluding hydrogens is 887 g/mol. The third kappa shape index (κ3) is 57.9. The Morgan fingerprint density at radius 1 is 0.375 bits per heavy atom. The van der Waals surface area contributed by atoms with Crippen LogP contribution in [-0.4, -0.2) is 47.4 Å². The van der Waals surface area contributed by atoms with E-state index in [1.807, 2.05) is 0 Å². The summed E-state index contributed by atoms with van der Waals surface area (Å²) in [7, 11) is 0. The smallest absolute Gasteiger partial charge is 0.305 e. The van der Waals surface area contributed by atoms with Gasteiger partial charge in [0.25, 0.3) is 0 Å². The molecule has 0 aliphatic heterocycles. The van der Waals surface area contributed by atoms with E-state index in [0.29, 0.717) is 25.9 Å². The Kier molecular flexibility index (Phi) is 60.9. The number of hydrogen-bond acceptors (Lipinski definition) is 5. The molecule has 0 fully saturated rings. The van der Waals surface area contributed by atoms with Gasteiger partial charge in [-0.3, -0.25) is 9.59 Å². The third-order valence-electron chi connectivity index (χ3n) is 15.6. The molecule has 72 heavy (non-hydrogen) atoms. The van der Waals surface area contributed by atoms with Crippen molar-refractivity contribution >= 4 is 11.9 Å². The molecule has 6 nitrogen and oxygen atoms in total. The van der Waals surface area contributed by atoms with Crippen molar-refractivity contribution < 1.29 is 24.5 Å². The minimum absolute atomic E-state index is 0.00799. The van der Waals surface area contributed by atoms with Gasteiger partial charge in [-0.15, -0.1) is 0 Å². The topological polar surface area (TPSA) is 95.9 Å². The highest BCUT2D eigenvalue weighted by atomic mass is 16.5. The molecular formula is C66H129NO5. The van der Waals surface area contributed by atoms with Crippen LogP contribution in [0.15, 0.2) is 12.2 Å². The van der Waals surface area contributed by atoms with Crippen LogP contribution >= 0.6 is 0 Å². The van der Waals surface area contributed by atoms with Crippen LogP contribution in [0.3, 0.4) is 0 Å². The second kappa shape index (κ2) is 62.1. The van der Waals surface area contributed by atoms with E-state index in [9.17, 15) is 19.8 Å². The number of ether oxygens (including phenoxy) is 1. The van der Waals surface area contributed by atoms with E-state index in [1.54, 1.807) is 0 Å². The van der Waals surface area contributed by atoms with E-state index >= 15 is 0 Å². The first-order valence-corrected chi connectivity index (χ1v) is 32.9. The lowest BCUT2D eigenvalue weighted by Crippen LogP contribution is -2.45. The number of unbranched alkanes of at least 4 members (excludes halogenated alkanes) is 49. The summed E-state index contributed by atoms with van der Waals surface area (Å²) in [4.78, 5) is 24.6. The first-order valence-electron chi connectivity index (χ1n) is 32.9. The Morgan fingerprint density at radius 2 is 0.653 bits per heavy atom. The molecule has 0 spiro atoms. The van der Waals surface area contributed by atoms with Crippen LogP contribution in [0, 0.1) is 0 Å². The summed E-state index contributed by atoms with van der Waals surface area (Å²) in [6.45, 7) is 4.98. The highest BCUT2D eigenvalue weighted by Gasteiger charge is 2.20. The molecule has 3 N–H and O–H groups in total. The second-order valence-electron chi connectivity index (χ2n) is 22.8. The summed E-state index contributed by atoms with van der Waals surface area (Å²) in [6, 6.07) is -0.548. The summed E-state index contributed by atoms with van der Waals surface area (Å²) in [5.41, 5.74) is 0. The highest BCUT2D eigenvalue weighted by molar-refractivity contribution is 5.76. The number of carbonyl (C=O) groups is 2. The van der Waals surface area contributed by atoms with Crippen LogP contribution in [0.1, 0.15) is 373 Å². The molecule has 0 rings (SSSR count). The second-order valence-corrected chi connectivity index (χ2v) is 22.8. The monoisotopic (exact) mass is 1020 g/mol. The normalized spacial score (nSPS) is 12.6. The van der Waals surface area contributed by atoms with Crippen molar-refractivity contribution in [3.63, 3.8) is 0 Å².